The van der Waals surface area contributed by atoms with Crippen LogP contribution < -0.4 is 5.32 Å². The van der Waals surface area contributed by atoms with E-state index in [1.54, 1.807) is 17.7 Å². The van der Waals surface area contributed by atoms with Crippen LogP contribution in [0.3, 0.4) is 0 Å². The van der Waals surface area contributed by atoms with Crippen LogP contribution in [0.1, 0.15) is 54.5 Å². The van der Waals surface area contributed by atoms with Crippen molar-refractivity contribution in [2.75, 3.05) is 7.11 Å². The Hall–Kier alpha value is -2.63. The third kappa shape index (κ3) is 4.26. The van der Waals surface area contributed by atoms with Gasteiger partial charge in [0.1, 0.15) is 5.69 Å². The minimum Gasteiger partial charge on any atom is -0.469 e. The number of benzene rings is 1. The maximum atomic E-state index is 12.7. The van der Waals surface area contributed by atoms with Crippen LogP contribution in [-0.4, -0.2) is 28.8 Å². The van der Waals surface area contributed by atoms with E-state index in [1.165, 1.54) is 7.11 Å². The lowest BCUT2D eigenvalue weighted by Crippen LogP contribution is -2.36. The molecule has 0 fully saturated rings. The molecule has 134 valence electrons. The highest BCUT2D eigenvalue weighted by atomic mass is 16.5. The number of hydrogen-bond acceptors (Lipinski definition) is 4. The number of rotatable bonds is 6. The summed E-state index contributed by atoms with van der Waals surface area (Å²) in [5.74, 6) is -0.951. The van der Waals surface area contributed by atoms with Crippen LogP contribution in [-0.2, 0) is 16.6 Å². The zero-order valence-corrected chi connectivity index (χ0v) is 15.3. The first kappa shape index (κ1) is 18.7. The molecule has 6 heteroatoms. The van der Waals surface area contributed by atoms with Crippen molar-refractivity contribution in [2.45, 2.75) is 32.7 Å². The van der Waals surface area contributed by atoms with Crippen molar-refractivity contribution in [2.24, 2.45) is 13.0 Å². The molecule has 1 heterocycles. The smallest absolute Gasteiger partial charge is 0.310 e. The van der Waals surface area contributed by atoms with E-state index in [0.29, 0.717) is 5.69 Å². The van der Waals surface area contributed by atoms with E-state index < -0.39 is 12.0 Å². The Bertz CT molecular complexity index is 738. The van der Waals surface area contributed by atoms with Gasteiger partial charge in [0.05, 0.1) is 19.1 Å². The number of carbonyl (C=O) groups is 2. The average molecular weight is 343 g/mol. The Kier molecular flexibility index (Phi) is 5.96. The number of aromatic nitrogens is 2. The maximum Gasteiger partial charge on any atom is 0.310 e. The van der Waals surface area contributed by atoms with Crippen LogP contribution in [0.15, 0.2) is 36.4 Å². The van der Waals surface area contributed by atoms with Crippen LogP contribution in [0.4, 0.5) is 0 Å². The minimum atomic E-state index is -0.523. The summed E-state index contributed by atoms with van der Waals surface area (Å²) in [5, 5.41) is 7.22. The third-order valence-electron chi connectivity index (χ3n) is 4.26. The van der Waals surface area contributed by atoms with Crippen LogP contribution in [0.2, 0.25) is 0 Å². The van der Waals surface area contributed by atoms with E-state index in [-0.39, 0.29) is 17.8 Å². The molecule has 6 nitrogen and oxygen atoms in total. The van der Waals surface area contributed by atoms with Gasteiger partial charge in [-0.3, -0.25) is 14.3 Å². The molecule has 0 aliphatic rings. The summed E-state index contributed by atoms with van der Waals surface area (Å²) < 4.78 is 6.56. The van der Waals surface area contributed by atoms with Gasteiger partial charge in [0.25, 0.3) is 5.91 Å². The average Bonchev–Trinajstić information content (AvgIpc) is 3.01. The number of esters is 1. The van der Waals surface area contributed by atoms with Crippen LogP contribution >= 0.6 is 0 Å². The summed E-state index contributed by atoms with van der Waals surface area (Å²) in [4.78, 5) is 24.7. The van der Waals surface area contributed by atoms with Gasteiger partial charge in [-0.2, -0.15) is 5.10 Å². The second-order valence-electron chi connectivity index (χ2n) is 6.41. The molecule has 2 atom stereocenters. The molecule has 1 aromatic heterocycles. The first-order valence-corrected chi connectivity index (χ1v) is 8.32. The Morgan fingerprint density at radius 3 is 2.32 bits per heavy atom. The van der Waals surface area contributed by atoms with Gasteiger partial charge >= 0.3 is 5.97 Å². The molecule has 0 aliphatic carbocycles. The lowest BCUT2D eigenvalue weighted by Gasteiger charge is -2.23. The van der Waals surface area contributed by atoms with E-state index in [4.69, 9.17) is 4.74 Å². The molecule has 0 radical (unpaired) electrons. The van der Waals surface area contributed by atoms with Gasteiger partial charge in [0.15, 0.2) is 0 Å². The fourth-order valence-corrected chi connectivity index (χ4v) is 2.83. The number of nitrogens with zero attached hydrogens (tertiary/aromatic N) is 2. The first-order chi connectivity index (χ1) is 11.8. The Morgan fingerprint density at radius 1 is 1.16 bits per heavy atom. The van der Waals surface area contributed by atoms with E-state index >= 15 is 0 Å². The zero-order valence-electron chi connectivity index (χ0n) is 15.3. The maximum absolute atomic E-state index is 12.7. The summed E-state index contributed by atoms with van der Waals surface area (Å²) in [6.45, 7) is 5.83. The quantitative estimate of drug-likeness (QED) is 0.819. The molecule has 0 spiro atoms. The highest BCUT2D eigenvalue weighted by Crippen LogP contribution is 2.24. The third-order valence-corrected chi connectivity index (χ3v) is 4.26. The molecule has 0 aliphatic heterocycles. The van der Waals surface area contributed by atoms with Crippen molar-refractivity contribution in [1.82, 2.24) is 15.1 Å². The molecular weight excluding hydrogens is 318 g/mol. The van der Waals surface area contributed by atoms with Crippen molar-refractivity contribution >= 4 is 11.9 Å². The highest BCUT2D eigenvalue weighted by Gasteiger charge is 2.29. The molecule has 0 bridgehead atoms. The van der Waals surface area contributed by atoms with Gasteiger partial charge in [0, 0.05) is 12.7 Å². The van der Waals surface area contributed by atoms with Crippen molar-refractivity contribution in [1.29, 1.82) is 0 Å². The van der Waals surface area contributed by atoms with Gasteiger partial charge in [-0.15, -0.1) is 0 Å². The minimum absolute atomic E-state index is 0.262. The largest absolute Gasteiger partial charge is 0.469 e. The lowest BCUT2D eigenvalue weighted by molar-refractivity contribution is -0.145. The number of nitrogens with one attached hydrogen (secondary N) is 1. The number of carbonyl (C=O) groups excluding carboxylic acids is 2. The van der Waals surface area contributed by atoms with Gasteiger partial charge in [0.2, 0.25) is 0 Å². The molecule has 0 saturated carbocycles. The van der Waals surface area contributed by atoms with E-state index in [2.05, 4.69) is 10.4 Å². The summed E-state index contributed by atoms with van der Waals surface area (Å²) in [6, 6.07) is 10.7. The Labute approximate surface area is 148 Å². The van der Waals surface area contributed by atoms with Gasteiger partial charge in [-0.25, -0.2) is 0 Å². The molecule has 1 amide bonds. The SMILES string of the molecule is COC(=O)[C@@H](C)[C@@H](NC(=O)c1cc(C(C)C)n(C)n1)c1ccccc1. The van der Waals surface area contributed by atoms with Crippen LogP contribution in [0.5, 0.6) is 0 Å². The van der Waals surface area contributed by atoms with Gasteiger partial charge < -0.3 is 10.1 Å². The summed E-state index contributed by atoms with van der Waals surface area (Å²) >= 11 is 0. The molecule has 1 aromatic carbocycles. The van der Waals surface area contributed by atoms with Crippen molar-refractivity contribution in [3.8, 4) is 0 Å². The second-order valence-corrected chi connectivity index (χ2v) is 6.41. The zero-order chi connectivity index (χ0) is 18.6. The Balaban J connectivity index is 2.28. The Morgan fingerprint density at radius 2 is 1.80 bits per heavy atom. The molecule has 0 unspecified atom stereocenters. The van der Waals surface area contributed by atoms with Gasteiger partial charge in [-0.05, 0) is 24.5 Å². The summed E-state index contributed by atoms with van der Waals surface area (Å²) in [6.07, 6.45) is 0. The summed E-state index contributed by atoms with van der Waals surface area (Å²) in [5.41, 5.74) is 2.15. The number of hydrogen-bond donors (Lipinski definition) is 1. The fourth-order valence-electron chi connectivity index (χ4n) is 2.83. The molecule has 25 heavy (non-hydrogen) atoms. The predicted octanol–water partition coefficient (Wildman–Crippen LogP) is 2.82. The molecule has 1 N–H and O–H groups in total. The fraction of sp³-hybridized carbons (Fsp3) is 0.421. The molecule has 2 aromatic rings. The second kappa shape index (κ2) is 7.96. The molecule has 0 saturated heterocycles. The van der Waals surface area contributed by atoms with Crippen LogP contribution in [0, 0.1) is 5.92 Å². The molecule has 2 rings (SSSR count). The number of amides is 1. The highest BCUT2D eigenvalue weighted by molar-refractivity contribution is 5.93. The van der Waals surface area contributed by atoms with E-state index in [0.717, 1.165) is 11.3 Å². The van der Waals surface area contributed by atoms with Crippen LogP contribution in [0.25, 0.3) is 0 Å². The van der Waals surface area contributed by atoms with Crippen molar-refractivity contribution in [3.63, 3.8) is 0 Å². The summed E-state index contributed by atoms with van der Waals surface area (Å²) in [7, 11) is 3.16. The first-order valence-electron chi connectivity index (χ1n) is 8.32. The van der Waals surface area contributed by atoms with Gasteiger partial charge in [-0.1, -0.05) is 44.2 Å². The monoisotopic (exact) mass is 343 g/mol. The molecular formula is C19H25N3O3. The number of ether oxygens (including phenoxy) is 1. The van der Waals surface area contributed by atoms with Crippen molar-refractivity contribution in [3.05, 3.63) is 53.3 Å². The van der Waals surface area contributed by atoms with E-state index in [1.807, 2.05) is 51.2 Å². The predicted molar refractivity (Wildman–Crippen MR) is 95.1 cm³/mol. The topological polar surface area (TPSA) is 73.2 Å². The normalized spacial score (nSPS) is 13.4. The van der Waals surface area contributed by atoms with Crippen molar-refractivity contribution < 1.29 is 14.3 Å². The van der Waals surface area contributed by atoms with E-state index in [9.17, 15) is 9.59 Å². The standard InChI is InChI=1S/C19H25N3O3/c1-12(2)16-11-15(21-22(16)4)18(23)20-17(13(3)19(24)25-5)14-9-7-6-8-10-14/h6-13,17H,1-5H3,(H,20,23)/t13-,17+/m0/s1. The number of aryl methyl sites for hydroxylation is 1. The number of methoxy groups -OCH3 is 1. The lowest BCUT2D eigenvalue weighted by atomic mass is 9.94.